The highest BCUT2D eigenvalue weighted by atomic mass is 19.1. The number of anilines is 2. The van der Waals surface area contributed by atoms with Gasteiger partial charge in [0.05, 0.1) is 5.69 Å². The summed E-state index contributed by atoms with van der Waals surface area (Å²) in [6, 6.07) is 4.46. The number of aryl methyl sites for hydroxylation is 1. The topological polar surface area (TPSA) is 66.9 Å². The van der Waals surface area contributed by atoms with E-state index in [4.69, 9.17) is 0 Å². The van der Waals surface area contributed by atoms with Crippen molar-refractivity contribution in [3.63, 3.8) is 0 Å². The zero-order valence-electron chi connectivity index (χ0n) is 13.7. The second-order valence-corrected chi connectivity index (χ2v) is 5.40. The van der Waals surface area contributed by atoms with Gasteiger partial charge in [0.15, 0.2) is 0 Å². The Morgan fingerprint density at radius 2 is 1.96 bits per heavy atom. The minimum absolute atomic E-state index is 0.102. The third-order valence-electron chi connectivity index (χ3n) is 3.34. The van der Waals surface area contributed by atoms with Crippen LogP contribution in [0.5, 0.6) is 0 Å². The first-order valence-electron chi connectivity index (χ1n) is 7.85. The third kappa shape index (κ3) is 4.97. The second kappa shape index (κ2) is 8.33. The number of hydrogen-bond acceptors (Lipinski definition) is 4. The summed E-state index contributed by atoms with van der Waals surface area (Å²) in [5, 5.41) is 5.53. The van der Waals surface area contributed by atoms with Crippen molar-refractivity contribution in [2.24, 2.45) is 0 Å². The van der Waals surface area contributed by atoms with Crippen LogP contribution in [0.15, 0.2) is 24.3 Å². The van der Waals surface area contributed by atoms with Crippen LogP contribution in [0.1, 0.15) is 42.5 Å². The van der Waals surface area contributed by atoms with Crippen molar-refractivity contribution in [1.29, 1.82) is 0 Å². The Kier molecular flexibility index (Phi) is 6.17. The molecule has 5 nitrogen and oxygen atoms in total. The number of halogens is 2. The lowest BCUT2D eigenvalue weighted by atomic mass is 10.2. The van der Waals surface area contributed by atoms with Crippen LogP contribution in [0.3, 0.4) is 0 Å². The fourth-order valence-corrected chi connectivity index (χ4v) is 2.14. The molecule has 1 aromatic heterocycles. The molecule has 2 N–H and O–H groups in total. The van der Waals surface area contributed by atoms with Crippen LogP contribution < -0.4 is 10.6 Å². The van der Waals surface area contributed by atoms with Gasteiger partial charge in [-0.1, -0.05) is 19.8 Å². The molecule has 128 valence electrons. The van der Waals surface area contributed by atoms with Gasteiger partial charge >= 0.3 is 0 Å². The first-order valence-corrected chi connectivity index (χ1v) is 7.85. The Hall–Kier alpha value is -2.57. The van der Waals surface area contributed by atoms with E-state index in [1.807, 2.05) is 0 Å². The van der Waals surface area contributed by atoms with Crippen molar-refractivity contribution in [3.8, 4) is 0 Å². The fourth-order valence-electron chi connectivity index (χ4n) is 2.14. The van der Waals surface area contributed by atoms with Crippen molar-refractivity contribution in [1.82, 2.24) is 9.97 Å². The molecule has 0 fully saturated rings. The number of nitrogens with one attached hydrogen (secondary N) is 2. The molecule has 0 radical (unpaired) electrons. The van der Waals surface area contributed by atoms with Gasteiger partial charge < -0.3 is 10.6 Å². The Balaban J connectivity index is 2.09. The normalized spacial score (nSPS) is 10.5. The highest BCUT2D eigenvalue weighted by Gasteiger charge is 2.13. The van der Waals surface area contributed by atoms with Crippen molar-refractivity contribution in [3.05, 3.63) is 47.4 Å². The predicted molar refractivity (Wildman–Crippen MR) is 89.1 cm³/mol. The second-order valence-electron chi connectivity index (χ2n) is 5.40. The molecule has 1 heterocycles. The maximum absolute atomic E-state index is 13.6. The average molecular weight is 334 g/mol. The molecule has 7 heteroatoms. The van der Waals surface area contributed by atoms with Crippen LogP contribution in [0.2, 0.25) is 0 Å². The number of hydrogen-bond donors (Lipinski definition) is 2. The van der Waals surface area contributed by atoms with Gasteiger partial charge in [-0.25, -0.2) is 18.7 Å². The van der Waals surface area contributed by atoms with E-state index >= 15 is 0 Å². The van der Waals surface area contributed by atoms with Gasteiger partial charge in [-0.15, -0.1) is 0 Å². The fraction of sp³-hybridized carbons (Fsp3) is 0.353. The summed E-state index contributed by atoms with van der Waals surface area (Å²) < 4.78 is 26.5. The molecule has 0 saturated heterocycles. The number of unbranched alkanes of at least 4 members (excludes halogenated alkanes) is 2. The zero-order chi connectivity index (χ0) is 17.5. The molecule has 2 rings (SSSR count). The largest absolute Gasteiger partial charge is 0.370 e. The number of rotatable bonds is 7. The monoisotopic (exact) mass is 334 g/mol. The van der Waals surface area contributed by atoms with E-state index in [1.165, 1.54) is 12.1 Å². The number of carbonyl (C=O) groups is 1. The highest BCUT2D eigenvalue weighted by molar-refractivity contribution is 6.03. The van der Waals surface area contributed by atoms with Crippen LogP contribution >= 0.6 is 0 Å². The first kappa shape index (κ1) is 17.8. The Morgan fingerprint density at radius 3 is 2.67 bits per heavy atom. The molecular formula is C17H20F2N4O. The summed E-state index contributed by atoms with van der Waals surface area (Å²) in [6.07, 6.45) is 3.22. The summed E-state index contributed by atoms with van der Waals surface area (Å²) in [4.78, 5) is 20.5. The lowest BCUT2D eigenvalue weighted by molar-refractivity contribution is 0.102. The van der Waals surface area contributed by atoms with Gasteiger partial charge in [-0.05, 0) is 25.5 Å². The van der Waals surface area contributed by atoms with Crippen LogP contribution in [0.4, 0.5) is 20.3 Å². The van der Waals surface area contributed by atoms with Gasteiger partial charge in [-0.2, -0.15) is 0 Å². The van der Waals surface area contributed by atoms with E-state index in [9.17, 15) is 13.6 Å². The van der Waals surface area contributed by atoms with E-state index in [2.05, 4.69) is 27.5 Å². The van der Waals surface area contributed by atoms with Gasteiger partial charge in [0.1, 0.15) is 29.0 Å². The molecule has 1 aromatic carbocycles. The highest BCUT2D eigenvalue weighted by Crippen LogP contribution is 2.16. The number of carbonyl (C=O) groups excluding carboxylic acids is 1. The average Bonchev–Trinajstić information content (AvgIpc) is 2.53. The molecule has 2 aromatic rings. The smallest absolute Gasteiger partial charge is 0.274 e. The van der Waals surface area contributed by atoms with Crippen molar-refractivity contribution < 1.29 is 13.6 Å². The van der Waals surface area contributed by atoms with E-state index in [0.717, 1.165) is 31.9 Å². The Morgan fingerprint density at radius 1 is 1.17 bits per heavy atom. The third-order valence-corrected chi connectivity index (χ3v) is 3.34. The Bertz CT molecular complexity index is 722. The summed E-state index contributed by atoms with van der Waals surface area (Å²) >= 11 is 0. The van der Waals surface area contributed by atoms with Crippen molar-refractivity contribution >= 4 is 17.4 Å². The van der Waals surface area contributed by atoms with Gasteiger partial charge in [0.25, 0.3) is 5.91 Å². The van der Waals surface area contributed by atoms with Crippen LogP contribution in [-0.4, -0.2) is 22.4 Å². The SMILES string of the molecule is CCCCCNc1cc(C(=O)Nc2ccc(F)cc2F)nc(C)n1. The van der Waals surface area contributed by atoms with E-state index in [0.29, 0.717) is 17.7 Å². The molecule has 0 atom stereocenters. The van der Waals surface area contributed by atoms with Crippen LogP contribution in [0.25, 0.3) is 0 Å². The molecule has 0 aliphatic heterocycles. The lowest BCUT2D eigenvalue weighted by Gasteiger charge is -2.09. The Labute approximate surface area is 139 Å². The van der Waals surface area contributed by atoms with E-state index in [-0.39, 0.29) is 11.4 Å². The van der Waals surface area contributed by atoms with Gasteiger partial charge in [0, 0.05) is 18.7 Å². The minimum Gasteiger partial charge on any atom is -0.370 e. The lowest BCUT2D eigenvalue weighted by Crippen LogP contribution is -2.17. The predicted octanol–water partition coefficient (Wildman–Crippen LogP) is 3.92. The molecule has 0 aliphatic rings. The van der Waals surface area contributed by atoms with Crippen LogP contribution in [-0.2, 0) is 0 Å². The van der Waals surface area contributed by atoms with Crippen molar-refractivity contribution in [2.45, 2.75) is 33.1 Å². The number of benzene rings is 1. The summed E-state index contributed by atoms with van der Waals surface area (Å²) in [6.45, 7) is 4.54. The maximum atomic E-state index is 13.6. The van der Waals surface area contributed by atoms with E-state index in [1.54, 1.807) is 6.92 Å². The maximum Gasteiger partial charge on any atom is 0.274 e. The quantitative estimate of drug-likeness (QED) is 0.753. The molecule has 0 bridgehead atoms. The number of aromatic nitrogens is 2. The van der Waals surface area contributed by atoms with Gasteiger partial charge in [-0.3, -0.25) is 4.79 Å². The summed E-state index contributed by atoms with van der Waals surface area (Å²) in [5.41, 5.74) is 0.0133. The molecule has 0 spiro atoms. The first-order chi connectivity index (χ1) is 11.5. The molecular weight excluding hydrogens is 314 g/mol. The zero-order valence-corrected chi connectivity index (χ0v) is 13.7. The van der Waals surface area contributed by atoms with Crippen molar-refractivity contribution in [2.75, 3.05) is 17.2 Å². The molecule has 0 aliphatic carbocycles. The number of amides is 1. The summed E-state index contributed by atoms with van der Waals surface area (Å²) in [7, 11) is 0. The van der Waals surface area contributed by atoms with Crippen LogP contribution in [0, 0.1) is 18.6 Å². The minimum atomic E-state index is -0.841. The summed E-state index contributed by atoms with van der Waals surface area (Å²) in [5.74, 6) is -1.15. The number of nitrogens with zero attached hydrogens (tertiary/aromatic N) is 2. The molecule has 1 amide bonds. The molecule has 0 unspecified atom stereocenters. The molecule has 24 heavy (non-hydrogen) atoms. The molecule has 0 saturated carbocycles. The van der Waals surface area contributed by atoms with Gasteiger partial charge in [0.2, 0.25) is 0 Å². The van der Waals surface area contributed by atoms with E-state index < -0.39 is 17.5 Å². The standard InChI is InChI=1S/C17H20F2N4O/c1-3-4-5-8-20-16-10-15(21-11(2)22-16)17(24)23-14-7-6-12(18)9-13(14)19/h6-7,9-10H,3-5,8H2,1-2H3,(H,23,24)(H,20,21,22).